The van der Waals surface area contributed by atoms with Gasteiger partial charge in [0.05, 0.1) is 11.3 Å². The Bertz CT molecular complexity index is 719. The van der Waals surface area contributed by atoms with E-state index in [1.54, 1.807) is 6.20 Å². The smallest absolute Gasteiger partial charge is 0.259 e. The van der Waals surface area contributed by atoms with E-state index in [1.165, 1.54) is 18.5 Å². The first kappa shape index (κ1) is 16.4. The van der Waals surface area contributed by atoms with Crippen molar-refractivity contribution in [2.24, 2.45) is 5.92 Å². The molecule has 24 heavy (non-hydrogen) atoms. The normalized spacial score (nSPS) is 15.4. The molecule has 0 spiro atoms. The Morgan fingerprint density at radius 1 is 1.17 bits per heavy atom. The molecule has 0 bridgehead atoms. The van der Waals surface area contributed by atoms with Crippen LogP contribution < -0.4 is 10.2 Å². The molecule has 1 amide bonds. The van der Waals surface area contributed by atoms with E-state index in [1.807, 2.05) is 26.0 Å². The lowest BCUT2D eigenvalue weighted by Gasteiger charge is -2.32. The van der Waals surface area contributed by atoms with Crippen molar-refractivity contribution in [3.63, 3.8) is 0 Å². The second-order valence-corrected chi connectivity index (χ2v) is 6.59. The van der Waals surface area contributed by atoms with Gasteiger partial charge in [-0.3, -0.25) is 4.79 Å². The van der Waals surface area contributed by atoms with E-state index < -0.39 is 0 Å². The predicted octanol–water partition coefficient (Wildman–Crippen LogP) is 3.58. The van der Waals surface area contributed by atoms with E-state index in [0.29, 0.717) is 17.1 Å². The molecule has 3 rings (SSSR count). The SMILES string of the molecule is Cc1ncc(C(=O)Nc2ccc(N3CCC(C)CC3)cc2)c(C)n1. The number of hydrogen-bond acceptors (Lipinski definition) is 4. The van der Waals surface area contributed by atoms with Crippen LogP contribution in [0, 0.1) is 19.8 Å². The third kappa shape index (κ3) is 3.72. The van der Waals surface area contributed by atoms with Gasteiger partial charge < -0.3 is 10.2 Å². The van der Waals surface area contributed by atoms with Crippen molar-refractivity contribution in [2.45, 2.75) is 33.6 Å². The van der Waals surface area contributed by atoms with Crippen LogP contribution in [0.25, 0.3) is 0 Å². The van der Waals surface area contributed by atoms with Crippen LogP contribution in [0.3, 0.4) is 0 Å². The second-order valence-electron chi connectivity index (χ2n) is 6.59. The first-order valence-electron chi connectivity index (χ1n) is 8.49. The number of carbonyl (C=O) groups is 1. The number of nitrogens with one attached hydrogen (secondary N) is 1. The highest BCUT2D eigenvalue weighted by molar-refractivity contribution is 6.04. The van der Waals surface area contributed by atoms with Crippen LogP contribution in [0.4, 0.5) is 11.4 Å². The molecule has 1 fully saturated rings. The van der Waals surface area contributed by atoms with Gasteiger partial charge in [0.2, 0.25) is 0 Å². The lowest BCUT2D eigenvalue weighted by Crippen LogP contribution is -2.32. The molecule has 0 atom stereocenters. The molecule has 0 aliphatic carbocycles. The number of rotatable bonds is 3. The molecule has 0 radical (unpaired) electrons. The van der Waals surface area contributed by atoms with Gasteiger partial charge in [0.25, 0.3) is 5.91 Å². The lowest BCUT2D eigenvalue weighted by molar-refractivity contribution is 0.102. The third-order valence-corrected chi connectivity index (χ3v) is 4.62. The summed E-state index contributed by atoms with van der Waals surface area (Å²) in [7, 11) is 0. The third-order valence-electron chi connectivity index (χ3n) is 4.62. The summed E-state index contributed by atoms with van der Waals surface area (Å²) in [6, 6.07) is 8.06. The van der Waals surface area contributed by atoms with Gasteiger partial charge in [0.15, 0.2) is 0 Å². The summed E-state index contributed by atoms with van der Waals surface area (Å²) < 4.78 is 0. The van der Waals surface area contributed by atoms with Crippen LogP contribution in [0.2, 0.25) is 0 Å². The van der Waals surface area contributed by atoms with Crippen LogP contribution >= 0.6 is 0 Å². The standard InChI is InChI=1S/C19H24N4O/c1-13-8-10-23(11-9-13)17-6-4-16(5-7-17)22-19(24)18-12-20-15(3)21-14(18)2/h4-7,12-13H,8-11H2,1-3H3,(H,22,24). The van der Waals surface area contributed by atoms with E-state index in [-0.39, 0.29) is 5.91 Å². The van der Waals surface area contributed by atoms with Gasteiger partial charge in [-0.25, -0.2) is 9.97 Å². The zero-order chi connectivity index (χ0) is 17.1. The van der Waals surface area contributed by atoms with Crippen LogP contribution in [-0.4, -0.2) is 29.0 Å². The maximum absolute atomic E-state index is 12.4. The van der Waals surface area contributed by atoms with Gasteiger partial charge in [0.1, 0.15) is 5.82 Å². The van der Waals surface area contributed by atoms with Crippen molar-refractivity contribution in [2.75, 3.05) is 23.3 Å². The quantitative estimate of drug-likeness (QED) is 0.937. The number of hydrogen-bond donors (Lipinski definition) is 1. The fraction of sp³-hybridized carbons (Fsp3) is 0.421. The van der Waals surface area contributed by atoms with Crippen molar-refractivity contribution in [3.05, 3.63) is 47.5 Å². The number of nitrogens with zero attached hydrogens (tertiary/aromatic N) is 3. The molecule has 5 heteroatoms. The number of anilines is 2. The summed E-state index contributed by atoms with van der Waals surface area (Å²) in [6.45, 7) is 8.16. The molecule has 1 aromatic carbocycles. The van der Waals surface area contributed by atoms with E-state index in [4.69, 9.17) is 0 Å². The number of amides is 1. The Balaban J connectivity index is 1.66. The first-order chi connectivity index (χ1) is 11.5. The van der Waals surface area contributed by atoms with Gasteiger partial charge in [-0.15, -0.1) is 0 Å². The summed E-state index contributed by atoms with van der Waals surface area (Å²) in [5.41, 5.74) is 3.21. The summed E-state index contributed by atoms with van der Waals surface area (Å²) in [5.74, 6) is 1.32. The molecular weight excluding hydrogens is 300 g/mol. The summed E-state index contributed by atoms with van der Waals surface area (Å²) in [4.78, 5) is 23.1. The van der Waals surface area contributed by atoms with Crippen molar-refractivity contribution >= 4 is 17.3 Å². The van der Waals surface area contributed by atoms with Crippen molar-refractivity contribution in [3.8, 4) is 0 Å². The van der Waals surface area contributed by atoms with Crippen molar-refractivity contribution in [1.82, 2.24) is 9.97 Å². The molecule has 1 aliphatic rings. The summed E-state index contributed by atoms with van der Waals surface area (Å²) in [6.07, 6.45) is 4.06. The zero-order valence-electron chi connectivity index (χ0n) is 14.5. The molecule has 2 aromatic rings. The fourth-order valence-electron chi connectivity index (χ4n) is 3.03. The Morgan fingerprint density at radius 2 is 1.83 bits per heavy atom. The summed E-state index contributed by atoms with van der Waals surface area (Å²) in [5, 5.41) is 2.92. The predicted molar refractivity (Wildman–Crippen MR) is 96.5 cm³/mol. The minimum atomic E-state index is -0.174. The minimum absolute atomic E-state index is 0.174. The molecule has 1 aliphatic heterocycles. The fourth-order valence-corrected chi connectivity index (χ4v) is 3.03. The molecule has 1 aromatic heterocycles. The Labute approximate surface area is 143 Å². The van der Waals surface area contributed by atoms with Crippen LogP contribution in [0.15, 0.2) is 30.5 Å². The highest BCUT2D eigenvalue weighted by Crippen LogP contribution is 2.24. The largest absolute Gasteiger partial charge is 0.372 e. The Morgan fingerprint density at radius 3 is 2.46 bits per heavy atom. The van der Waals surface area contributed by atoms with E-state index in [2.05, 4.69) is 39.2 Å². The highest BCUT2D eigenvalue weighted by Gasteiger charge is 2.16. The maximum atomic E-state index is 12.4. The highest BCUT2D eigenvalue weighted by atomic mass is 16.1. The van der Waals surface area contributed by atoms with Gasteiger partial charge in [0, 0.05) is 30.7 Å². The first-order valence-corrected chi connectivity index (χ1v) is 8.49. The van der Waals surface area contributed by atoms with Gasteiger partial charge >= 0.3 is 0 Å². The van der Waals surface area contributed by atoms with E-state index in [0.717, 1.165) is 24.7 Å². The topological polar surface area (TPSA) is 58.1 Å². The Kier molecular flexibility index (Phi) is 4.79. The average Bonchev–Trinajstić information content (AvgIpc) is 2.56. The van der Waals surface area contributed by atoms with E-state index >= 15 is 0 Å². The van der Waals surface area contributed by atoms with Gasteiger partial charge in [-0.05, 0) is 56.9 Å². The molecule has 5 nitrogen and oxygen atoms in total. The molecule has 2 heterocycles. The second kappa shape index (κ2) is 6.99. The van der Waals surface area contributed by atoms with E-state index in [9.17, 15) is 4.79 Å². The van der Waals surface area contributed by atoms with Crippen LogP contribution in [0.5, 0.6) is 0 Å². The molecular formula is C19H24N4O. The minimum Gasteiger partial charge on any atom is -0.372 e. The maximum Gasteiger partial charge on any atom is 0.259 e. The number of benzene rings is 1. The average molecular weight is 324 g/mol. The van der Waals surface area contributed by atoms with Gasteiger partial charge in [-0.2, -0.15) is 0 Å². The van der Waals surface area contributed by atoms with Gasteiger partial charge in [-0.1, -0.05) is 6.92 Å². The van der Waals surface area contributed by atoms with Crippen LogP contribution in [-0.2, 0) is 0 Å². The molecule has 0 saturated carbocycles. The number of aromatic nitrogens is 2. The van der Waals surface area contributed by atoms with Crippen LogP contribution in [0.1, 0.15) is 41.6 Å². The monoisotopic (exact) mass is 324 g/mol. The summed E-state index contributed by atoms with van der Waals surface area (Å²) >= 11 is 0. The number of carbonyl (C=O) groups excluding carboxylic acids is 1. The Hall–Kier alpha value is -2.43. The van der Waals surface area contributed by atoms with Crippen molar-refractivity contribution < 1.29 is 4.79 Å². The number of piperidine rings is 1. The molecule has 126 valence electrons. The molecule has 1 saturated heterocycles. The molecule has 1 N–H and O–H groups in total. The molecule has 0 unspecified atom stereocenters. The zero-order valence-corrected chi connectivity index (χ0v) is 14.5. The number of aryl methyl sites for hydroxylation is 2. The lowest BCUT2D eigenvalue weighted by atomic mass is 9.99. The van der Waals surface area contributed by atoms with Crippen molar-refractivity contribution in [1.29, 1.82) is 0 Å².